The molecular formula is C14H20FNO. The van der Waals surface area contributed by atoms with Gasteiger partial charge in [-0.15, -0.1) is 0 Å². The summed E-state index contributed by atoms with van der Waals surface area (Å²) in [5.41, 5.74) is 0.799. The standard InChI is InChI=1S/C14H20FNO/c1-2-9-16(13-7-8-13)10-14(17)11-3-5-12(15)6-4-11/h3-6,13-14,17H,2,7-10H2,1H3. The van der Waals surface area contributed by atoms with E-state index in [0.717, 1.165) is 18.5 Å². The number of rotatable bonds is 6. The fourth-order valence-corrected chi connectivity index (χ4v) is 2.16. The lowest BCUT2D eigenvalue weighted by atomic mass is 10.1. The summed E-state index contributed by atoms with van der Waals surface area (Å²) < 4.78 is 12.8. The molecule has 1 aromatic rings. The normalized spacial score (nSPS) is 17.4. The zero-order chi connectivity index (χ0) is 12.3. The summed E-state index contributed by atoms with van der Waals surface area (Å²) >= 11 is 0. The molecule has 1 N–H and O–H groups in total. The molecule has 0 aromatic heterocycles. The summed E-state index contributed by atoms with van der Waals surface area (Å²) in [5.74, 6) is -0.256. The van der Waals surface area contributed by atoms with Gasteiger partial charge in [0, 0.05) is 12.6 Å². The Labute approximate surface area is 102 Å². The first-order chi connectivity index (χ1) is 8.20. The second-order valence-electron chi connectivity index (χ2n) is 4.79. The SMILES string of the molecule is CCCN(CC(O)c1ccc(F)cc1)C1CC1. The maximum atomic E-state index is 12.8. The molecule has 1 saturated carbocycles. The van der Waals surface area contributed by atoms with Gasteiger partial charge in [0.25, 0.3) is 0 Å². The average Bonchev–Trinajstić information content (AvgIpc) is 3.13. The highest BCUT2D eigenvalue weighted by atomic mass is 19.1. The topological polar surface area (TPSA) is 23.5 Å². The lowest BCUT2D eigenvalue weighted by Gasteiger charge is -2.24. The molecule has 1 atom stereocenters. The van der Waals surface area contributed by atoms with Crippen LogP contribution in [0.2, 0.25) is 0 Å². The molecule has 0 bridgehead atoms. The molecule has 17 heavy (non-hydrogen) atoms. The van der Waals surface area contributed by atoms with Crippen molar-refractivity contribution in [3.05, 3.63) is 35.6 Å². The van der Waals surface area contributed by atoms with E-state index >= 15 is 0 Å². The Balaban J connectivity index is 1.94. The molecule has 94 valence electrons. The first-order valence-corrected chi connectivity index (χ1v) is 6.38. The molecule has 0 radical (unpaired) electrons. The molecule has 2 rings (SSSR count). The van der Waals surface area contributed by atoms with Gasteiger partial charge in [-0.2, -0.15) is 0 Å². The number of halogens is 1. The summed E-state index contributed by atoms with van der Waals surface area (Å²) in [6.45, 7) is 3.84. The monoisotopic (exact) mass is 237 g/mol. The van der Waals surface area contributed by atoms with Crippen LogP contribution in [0.1, 0.15) is 37.9 Å². The van der Waals surface area contributed by atoms with Crippen molar-refractivity contribution in [2.24, 2.45) is 0 Å². The van der Waals surface area contributed by atoms with Crippen LogP contribution in [0, 0.1) is 5.82 Å². The predicted molar refractivity (Wildman–Crippen MR) is 66.2 cm³/mol. The van der Waals surface area contributed by atoms with Crippen LogP contribution in [-0.2, 0) is 0 Å². The number of aliphatic hydroxyl groups is 1. The molecule has 3 heteroatoms. The molecule has 1 aromatic carbocycles. The van der Waals surface area contributed by atoms with Crippen LogP contribution >= 0.6 is 0 Å². The largest absolute Gasteiger partial charge is 0.387 e. The summed E-state index contributed by atoms with van der Waals surface area (Å²) in [7, 11) is 0. The van der Waals surface area contributed by atoms with Crippen LogP contribution in [0.15, 0.2) is 24.3 Å². The van der Waals surface area contributed by atoms with Crippen molar-refractivity contribution < 1.29 is 9.50 Å². The summed E-state index contributed by atoms with van der Waals surface area (Å²) in [4.78, 5) is 2.34. The number of hydrogen-bond acceptors (Lipinski definition) is 2. The molecule has 0 spiro atoms. The van der Waals surface area contributed by atoms with Gasteiger partial charge in [-0.3, -0.25) is 4.90 Å². The first kappa shape index (κ1) is 12.5. The molecule has 1 aliphatic rings. The highest BCUT2D eigenvalue weighted by Crippen LogP contribution is 2.28. The van der Waals surface area contributed by atoms with Crippen LogP contribution < -0.4 is 0 Å². The minimum atomic E-state index is -0.511. The number of hydrogen-bond donors (Lipinski definition) is 1. The van der Waals surface area contributed by atoms with Crippen molar-refractivity contribution in [3.63, 3.8) is 0 Å². The summed E-state index contributed by atoms with van der Waals surface area (Å²) in [5, 5.41) is 10.1. The van der Waals surface area contributed by atoms with Crippen LogP contribution in [0.3, 0.4) is 0 Å². The molecule has 2 nitrogen and oxygen atoms in total. The van der Waals surface area contributed by atoms with Gasteiger partial charge in [0.15, 0.2) is 0 Å². The zero-order valence-electron chi connectivity index (χ0n) is 10.3. The highest BCUT2D eigenvalue weighted by Gasteiger charge is 2.29. The third kappa shape index (κ3) is 3.51. The van der Waals surface area contributed by atoms with Gasteiger partial charge in [-0.1, -0.05) is 19.1 Å². The Morgan fingerprint density at radius 2 is 2.00 bits per heavy atom. The molecule has 0 saturated heterocycles. The molecule has 1 unspecified atom stereocenters. The second-order valence-corrected chi connectivity index (χ2v) is 4.79. The van der Waals surface area contributed by atoms with Gasteiger partial charge in [0.1, 0.15) is 5.82 Å². The van der Waals surface area contributed by atoms with E-state index in [1.165, 1.54) is 25.0 Å². The second kappa shape index (κ2) is 5.61. The minimum absolute atomic E-state index is 0.256. The summed E-state index contributed by atoms with van der Waals surface area (Å²) in [6, 6.07) is 6.79. The Morgan fingerprint density at radius 3 is 2.53 bits per heavy atom. The Hall–Kier alpha value is -0.930. The van der Waals surface area contributed by atoms with Crippen molar-refractivity contribution in [1.82, 2.24) is 4.90 Å². The Bertz CT molecular complexity index is 348. The third-order valence-corrected chi connectivity index (χ3v) is 3.24. The Kier molecular flexibility index (Phi) is 4.13. The number of nitrogens with zero attached hydrogens (tertiary/aromatic N) is 1. The fraction of sp³-hybridized carbons (Fsp3) is 0.571. The summed E-state index contributed by atoms with van der Waals surface area (Å²) in [6.07, 6.45) is 3.08. The van der Waals surface area contributed by atoms with E-state index < -0.39 is 6.10 Å². The van der Waals surface area contributed by atoms with Gasteiger partial charge < -0.3 is 5.11 Å². The highest BCUT2D eigenvalue weighted by molar-refractivity contribution is 5.18. The van der Waals surface area contributed by atoms with Crippen molar-refractivity contribution >= 4 is 0 Å². The predicted octanol–water partition coefficient (Wildman–Crippen LogP) is 2.73. The maximum absolute atomic E-state index is 12.8. The zero-order valence-corrected chi connectivity index (χ0v) is 10.3. The van der Waals surface area contributed by atoms with Gasteiger partial charge in [0.2, 0.25) is 0 Å². The van der Waals surface area contributed by atoms with Crippen molar-refractivity contribution in [2.45, 2.75) is 38.3 Å². The number of benzene rings is 1. The lowest BCUT2D eigenvalue weighted by molar-refractivity contribution is 0.108. The van der Waals surface area contributed by atoms with Crippen LogP contribution in [0.5, 0.6) is 0 Å². The van der Waals surface area contributed by atoms with Gasteiger partial charge in [-0.25, -0.2) is 4.39 Å². The van der Waals surface area contributed by atoms with Crippen molar-refractivity contribution in [2.75, 3.05) is 13.1 Å². The van der Waals surface area contributed by atoms with E-state index in [0.29, 0.717) is 12.6 Å². The van der Waals surface area contributed by atoms with Crippen molar-refractivity contribution in [1.29, 1.82) is 0 Å². The van der Waals surface area contributed by atoms with Crippen molar-refractivity contribution in [3.8, 4) is 0 Å². The quantitative estimate of drug-likeness (QED) is 0.822. The van der Waals surface area contributed by atoms with Crippen LogP contribution in [0.25, 0.3) is 0 Å². The van der Waals surface area contributed by atoms with Crippen LogP contribution in [-0.4, -0.2) is 29.1 Å². The molecule has 0 amide bonds. The molecule has 1 aliphatic carbocycles. The molecule has 0 heterocycles. The fourth-order valence-electron chi connectivity index (χ4n) is 2.16. The molecular weight excluding hydrogens is 217 g/mol. The van der Waals surface area contributed by atoms with E-state index in [9.17, 15) is 9.50 Å². The van der Waals surface area contributed by atoms with Crippen LogP contribution in [0.4, 0.5) is 4.39 Å². The third-order valence-electron chi connectivity index (χ3n) is 3.24. The maximum Gasteiger partial charge on any atom is 0.123 e. The minimum Gasteiger partial charge on any atom is -0.387 e. The van der Waals surface area contributed by atoms with Gasteiger partial charge >= 0.3 is 0 Å². The van der Waals surface area contributed by atoms with E-state index in [4.69, 9.17) is 0 Å². The first-order valence-electron chi connectivity index (χ1n) is 6.38. The van der Waals surface area contributed by atoms with Gasteiger partial charge in [-0.05, 0) is 43.5 Å². The Morgan fingerprint density at radius 1 is 1.35 bits per heavy atom. The van der Waals surface area contributed by atoms with Gasteiger partial charge in [0.05, 0.1) is 6.10 Å². The van der Waals surface area contributed by atoms with E-state index in [2.05, 4.69) is 11.8 Å². The molecule has 0 aliphatic heterocycles. The van der Waals surface area contributed by atoms with E-state index in [1.807, 2.05) is 0 Å². The average molecular weight is 237 g/mol. The number of aliphatic hydroxyl groups excluding tert-OH is 1. The molecule has 1 fully saturated rings. The van der Waals surface area contributed by atoms with E-state index in [1.54, 1.807) is 12.1 Å². The van der Waals surface area contributed by atoms with E-state index in [-0.39, 0.29) is 5.82 Å². The smallest absolute Gasteiger partial charge is 0.123 e. The lowest BCUT2D eigenvalue weighted by Crippen LogP contribution is -2.31.